The molecule has 0 radical (unpaired) electrons. The van der Waals surface area contributed by atoms with Gasteiger partial charge in [0.05, 0.1) is 24.9 Å². The lowest BCUT2D eigenvalue weighted by molar-refractivity contribution is 0.1000. The number of anilines is 2. The average Bonchev–Trinajstić information content (AvgIpc) is 2.54. The van der Waals surface area contributed by atoms with Gasteiger partial charge >= 0.3 is 0 Å². The third-order valence-electron chi connectivity index (χ3n) is 3.47. The number of primary amides is 1. The number of ether oxygens (including phenoxy) is 2. The van der Waals surface area contributed by atoms with Crippen LogP contribution in [0.25, 0.3) is 0 Å². The third-order valence-corrected chi connectivity index (χ3v) is 3.97. The number of thiocarbonyl (C=S) groups is 1. The highest BCUT2D eigenvalue weighted by Gasteiger charge is 2.12. The normalized spacial score (nSPS) is 10.1. The Morgan fingerprint density at radius 1 is 1.12 bits per heavy atom. The molecule has 0 bridgehead atoms. The predicted molar refractivity (Wildman–Crippen MR) is 104 cm³/mol. The highest BCUT2D eigenvalue weighted by atomic mass is 35.5. The number of methoxy groups -OCH3 is 2. The Morgan fingerprint density at radius 2 is 1.80 bits per heavy atom. The number of aryl methyl sites for hydroxylation is 1. The topological polar surface area (TPSA) is 85.6 Å². The van der Waals surface area contributed by atoms with Crippen molar-refractivity contribution in [2.75, 3.05) is 24.9 Å². The van der Waals surface area contributed by atoms with Crippen molar-refractivity contribution in [2.45, 2.75) is 6.92 Å². The molecule has 25 heavy (non-hydrogen) atoms. The number of carbonyl (C=O) groups is 1. The van der Waals surface area contributed by atoms with E-state index in [-0.39, 0.29) is 0 Å². The van der Waals surface area contributed by atoms with Crippen molar-refractivity contribution in [3.8, 4) is 11.5 Å². The summed E-state index contributed by atoms with van der Waals surface area (Å²) in [6.07, 6.45) is 0. The summed E-state index contributed by atoms with van der Waals surface area (Å²) in [5, 5.41) is 6.82. The van der Waals surface area contributed by atoms with E-state index >= 15 is 0 Å². The van der Waals surface area contributed by atoms with Crippen molar-refractivity contribution < 1.29 is 14.3 Å². The van der Waals surface area contributed by atoms with Crippen LogP contribution in [0.3, 0.4) is 0 Å². The minimum Gasteiger partial charge on any atom is -0.495 e. The Kier molecular flexibility index (Phi) is 6.06. The van der Waals surface area contributed by atoms with Gasteiger partial charge in [0.15, 0.2) is 5.11 Å². The molecule has 2 aromatic rings. The maximum Gasteiger partial charge on any atom is 0.248 e. The summed E-state index contributed by atoms with van der Waals surface area (Å²) in [5.74, 6) is 0.564. The van der Waals surface area contributed by atoms with Crippen molar-refractivity contribution >= 4 is 46.2 Å². The molecule has 0 unspecified atom stereocenters. The summed E-state index contributed by atoms with van der Waals surface area (Å²) in [5.41, 5.74) is 7.84. The van der Waals surface area contributed by atoms with Gasteiger partial charge in [-0.05, 0) is 49.0 Å². The van der Waals surface area contributed by atoms with E-state index in [0.717, 1.165) is 11.3 Å². The van der Waals surface area contributed by atoms with Crippen LogP contribution in [-0.4, -0.2) is 25.2 Å². The molecule has 0 aromatic heterocycles. The molecular weight excluding hydrogens is 362 g/mol. The number of halogens is 1. The highest BCUT2D eigenvalue weighted by Crippen LogP contribution is 2.35. The second-order valence-corrected chi connectivity index (χ2v) is 5.98. The van der Waals surface area contributed by atoms with Gasteiger partial charge in [-0.25, -0.2) is 0 Å². The van der Waals surface area contributed by atoms with Crippen LogP contribution >= 0.6 is 23.8 Å². The monoisotopic (exact) mass is 379 g/mol. The number of benzene rings is 2. The molecule has 8 heteroatoms. The van der Waals surface area contributed by atoms with Crippen molar-refractivity contribution in [3.05, 3.63) is 46.5 Å². The van der Waals surface area contributed by atoms with Crippen LogP contribution in [0.2, 0.25) is 5.02 Å². The number of amides is 1. The molecule has 2 aromatic carbocycles. The van der Waals surface area contributed by atoms with Crippen molar-refractivity contribution in [1.82, 2.24) is 0 Å². The van der Waals surface area contributed by atoms with Gasteiger partial charge in [0.1, 0.15) is 11.5 Å². The number of hydrogen-bond donors (Lipinski definition) is 3. The van der Waals surface area contributed by atoms with Crippen molar-refractivity contribution in [2.24, 2.45) is 5.73 Å². The van der Waals surface area contributed by atoms with Crippen LogP contribution in [0.15, 0.2) is 30.3 Å². The molecule has 0 saturated heterocycles. The third kappa shape index (κ3) is 4.52. The van der Waals surface area contributed by atoms with Gasteiger partial charge in [-0.3, -0.25) is 4.79 Å². The predicted octanol–water partition coefficient (Wildman–Crippen LogP) is 3.57. The summed E-state index contributed by atoms with van der Waals surface area (Å²) in [4.78, 5) is 11.3. The summed E-state index contributed by atoms with van der Waals surface area (Å²) < 4.78 is 10.5. The van der Waals surface area contributed by atoms with Crippen LogP contribution in [0.1, 0.15) is 15.9 Å². The standard InChI is InChI=1S/C17H18ClN3O3S/c1-9-6-10(4-5-11(9)16(19)22)20-17(25)21-13-7-12(18)14(23-2)8-15(13)24-3/h4-8H,1-3H3,(H2,19,22)(H2,20,21,25). The first-order valence-electron chi connectivity index (χ1n) is 7.25. The molecule has 0 aliphatic heterocycles. The van der Waals surface area contributed by atoms with Gasteiger partial charge in [-0.2, -0.15) is 0 Å². The highest BCUT2D eigenvalue weighted by molar-refractivity contribution is 7.80. The fourth-order valence-corrected chi connectivity index (χ4v) is 2.73. The first-order chi connectivity index (χ1) is 11.8. The molecule has 0 aliphatic rings. The number of nitrogens with two attached hydrogens (primary N) is 1. The number of hydrogen-bond acceptors (Lipinski definition) is 4. The molecular formula is C17H18ClN3O3S. The van der Waals surface area contributed by atoms with Crippen molar-refractivity contribution in [3.63, 3.8) is 0 Å². The van der Waals surface area contributed by atoms with E-state index in [1.807, 2.05) is 0 Å². The minimum absolute atomic E-state index is 0.339. The molecule has 4 N–H and O–H groups in total. The van der Waals surface area contributed by atoms with E-state index in [4.69, 9.17) is 39.0 Å². The Morgan fingerprint density at radius 3 is 2.36 bits per heavy atom. The Bertz CT molecular complexity index is 827. The molecule has 1 amide bonds. The van der Waals surface area contributed by atoms with Crippen LogP contribution in [0, 0.1) is 6.92 Å². The van der Waals surface area contributed by atoms with E-state index < -0.39 is 5.91 Å². The maximum atomic E-state index is 11.3. The lowest BCUT2D eigenvalue weighted by Gasteiger charge is -2.16. The molecule has 6 nitrogen and oxygen atoms in total. The second kappa shape index (κ2) is 8.04. The lowest BCUT2D eigenvalue weighted by atomic mass is 10.1. The lowest BCUT2D eigenvalue weighted by Crippen LogP contribution is -2.20. The summed E-state index contributed by atoms with van der Waals surface area (Å²) >= 11 is 11.5. The quantitative estimate of drug-likeness (QED) is 0.688. The number of rotatable bonds is 5. The largest absolute Gasteiger partial charge is 0.495 e. The second-order valence-electron chi connectivity index (χ2n) is 5.16. The number of nitrogens with one attached hydrogen (secondary N) is 2. The molecule has 132 valence electrons. The summed E-state index contributed by atoms with van der Waals surface area (Å²) in [7, 11) is 3.06. The molecule has 0 saturated carbocycles. The smallest absolute Gasteiger partial charge is 0.248 e. The molecule has 2 rings (SSSR count). The zero-order chi connectivity index (χ0) is 18.6. The van der Waals surface area contributed by atoms with Crippen LogP contribution in [0.4, 0.5) is 11.4 Å². The van der Waals surface area contributed by atoms with Gasteiger partial charge in [0.25, 0.3) is 0 Å². The molecule has 0 fully saturated rings. The fourth-order valence-electron chi connectivity index (χ4n) is 2.26. The zero-order valence-corrected chi connectivity index (χ0v) is 15.5. The summed E-state index contributed by atoms with van der Waals surface area (Å²) in [6.45, 7) is 1.80. The average molecular weight is 380 g/mol. The molecule has 0 spiro atoms. The zero-order valence-electron chi connectivity index (χ0n) is 14.0. The van der Waals surface area contributed by atoms with Gasteiger partial charge in [-0.15, -0.1) is 0 Å². The van der Waals surface area contributed by atoms with E-state index in [1.54, 1.807) is 37.3 Å². The van der Waals surface area contributed by atoms with Gasteiger partial charge in [-0.1, -0.05) is 11.6 Å². The maximum absolute atomic E-state index is 11.3. The first-order valence-corrected chi connectivity index (χ1v) is 8.04. The van der Waals surface area contributed by atoms with E-state index in [9.17, 15) is 4.79 Å². The summed E-state index contributed by atoms with van der Waals surface area (Å²) in [6, 6.07) is 8.48. The first kappa shape index (κ1) is 18.8. The Hall–Kier alpha value is -2.51. The van der Waals surface area contributed by atoms with E-state index in [1.165, 1.54) is 14.2 Å². The van der Waals surface area contributed by atoms with Gasteiger partial charge in [0, 0.05) is 17.3 Å². The van der Waals surface area contributed by atoms with Crippen LogP contribution in [0.5, 0.6) is 11.5 Å². The Balaban J connectivity index is 2.16. The van der Waals surface area contributed by atoms with Crippen LogP contribution in [-0.2, 0) is 0 Å². The fraction of sp³-hybridized carbons (Fsp3) is 0.176. The van der Waals surface area contributed by atoms with E-state index in [0.29, 0.717) is 32.9 Å². The molecule has 0 heterocycles. The van der Waals surface area contributed by atoms with E-state index in [2.05, 4.69) is 10.6 Å². The van der Waals surface area contributed by atoms with Crippen LogP contribution < -0.4 is 25.8 Å². The SMILES string of the molecule is COc1cc(OC)c(NC(=S)Nc2ccc(C(N)=O)c(C)c2)cc1Cl. The van der Waals surface area contributed by atoms with Gasteiger partial charge in [0.2, 0.25) is 5.91 Å². The number of carbonyl (C=O) groups excluding carboxylic acids is 1. The van der Waals surface area contributed by atoms with Crippen molar-refractivity contribution in [1.29, 1.82) is 0 Å². The molecule has 0 atom stereocenters. The van der Waals surface area contributed by atoms with Gasteiger partial charge < -0.3 is 25.8 Å². The minimum atomic E-state index is -0.470. The Labute approximate surface area is 156 Å². The molecule has 0 aliphatic carbocycles.